The maximum Gasteiger partial charge on any atom is 0.337 e. The highest BCUT2D eigenvalue weighted by Gasteiger charge is 2.21. The average Bonchev–Trinajstić information content (AvgIpc) is 3.01. The maximum absolute atomic E-state index is 12.6. The number of carbonyl (C=O) groups is 1. The third-order valence-electron chi connectivity index (χ3n) is 3.70. The van der Waals surface area contributed by atoms with Crippen LogP contribution in [0, 0.1) is 0 Å². The standard InChI is InChI=1S/C16H15NO6S/c1-22-12-3-5-14(16(18)19)15(7-12)17-24(20,21)13-4-2-10-8-23-9-11(10)6-13/h2-7,17H,8-9H2,1H3,(H,18,19). The fraction of sp³-hybridized carbons (Fsp3) is 0.188. The van der Waals surface area contributed by atoms with Gasteiger partial charge in [-0.25, -0.2) is 13.2 Å². The van der Waals surface area contributed by atoms with Crippen molar-refractivity contribution in [2.45, 2.75) is 18.1 Å². The van der Waals surface area contributed by atoms with Gasteiger partial charge < -0.3 is 14.6 Å². The van der Waals surface area contributed by atoms with Crippen LogP contribution in [0.15, 0.2) is 41.3 Å². The van der Waals surface area contributed by atoms with Gasteiger partial charge in [-0.15, -0.1) is 0 Å². The van der Waals surface area contributed by atoms with Gasteiger partial charge >= 0.3 is 5.97 Å². The smallest absolute Gasteiger partial charge is 0.337 e. The average molecular weight is 349 g/mol. The van der Waals surface area contributed by atoms with Gasteiger partial charge in [-0.2, -0.15) is 0 Å². The maximum atomic E-state index is 12.6. The van der Waals surface area contributed by atoms with Gasteiger partial charge in [0.1, 0.15) is 5.75 Å². The summed E-state index contributed by atoms with van der Waals surface area (Å²) < 4.78 is 37.8. The number of aromatic carboxylic acids is 1. The normalized spacial score (nSPS) is 13.4. The Morgan fingerprint density at radius 2 is 1.92 bits per heavy atom. The van der Waals surface area contributed by atoms with Crippen molar-refractivity contribution < 1.29 is 27.8 Å². The van der Waals surface area contributed by atoms with Crippen LogP contribution in [-0.2, 0) is 28.0 Å². The number of anilines is 1. The molecule has 0 atom stereocenters. The van der Waals surface area contributed by atoms with E-state index >= 15 is 0 Å². The van der Waals surface area contributed by atoms with Crippen molar-refractivity contribution in [2.75, 3.05) is 11.8 Å². The molecule has 0 fully saturated rings. The molecule has 0 radical (unpaired) electrons. The Morgan fingerprint density at radius 3 is 2.62 bits per heavy atom. The molecule has 2 N–H and O–H groups in total. The van der Waals surface area contributed by atoms with E-state index in [4.69, 9.17) is 9.47 Å². The van der Waals surface area contributed by atoms with E-state index in [-0.39, 0.29) is 16.1 Å². The molecule has 0 spiro atoms. The number of carboxylic acid groups (broad SMARTS) is 1. The second-order valence-corrected chi connectivity index (χ2v) is 6.93. The van der Waals surface area contributed by atoms with Crippen LogP contribution in [0.4, 0.5) is 5.69 Å². The van der Waals surface area contributed by atoms with Gasteiger partial charge in [0.15, 0.2) is 0 Å². The van der Waals surface area contributed by atoms with Crippen LogP contribution in [0.25, 0.3) is 0 Å². The second-order valence-electron chi connectivity index (χ2n) is 5.25. The highest BCUT2D eigenvalue weighted by atomic mass is 32.2. The van der Waals surface area contributed by atoms with E-state index in [9.17, 15) is 18.3 Å². The number of carboxylic acids is 1. The SMILES string of the molecule is COc1ccc(C(=O)O)c(NS(=O)(=O)c2ccc3c(c2)COC3)c1. The molecule has 0 aliphatic carbocycles. The Morgan fingerprint density at radius 1 is 1.17 bits per heavy atom. The topological polar surface area (TPSA) is 102 Å². The zero-order chi connectivity index (χ0) is 17.3. The largest absolute Gasteiger partial charge is 0.497 e. The number of ether oxygens (including phenoxy) is 2. The van der Waals surface area contributed by atoms with E-state index in [1.54, 1.807) is 6.07 Å². The Hall–Kier alpha value is -2.58. The van der Waals surface area contributed by atoms with Crippen molar-refractivity contribution in [1.29, 1.82) is 0 Å². The molecular weight excluding hydrogens is 334 g/mol. The minimum Gasteiger partial charge on any atom is -0.497 e. The quantitative estimate of drug-likeness (QED) is 0.858. The molecule has 2 aromatic rings. The van der Waals surface area contributed by atoms with E-state index in [0.29, 0.717) is 19.0 Å². The molecule has 0 saturated carbocycles. The molecule has 0 saturated heterocycles. The van der Waals surface area contributed by atoms with Crippen LogP contribution >= 0.6 is 0 Å². The fourth-order valence-corrected chi connectivity index (χ4v) is 3.56. The van der Waals surface area contributed by atoms with Crippen LogP contribution in [-0.4, -0.2) is 26.6 Å². The van der Waals surface area contributed by atoms with Crippen molar-refractivity contribution in [1.82, 2.24) is 0 Å². The summed E-state index contributed by atoms with van der Waals surface area (Å²) in [5.41, 5.74) is 1.53. The minimum absolute atomic E-state index is 0.0471. The molecule has 0 unspecified atom stereocenters. The van der Waals surface area contributed by atoms with Crippen LogP contribution < -0.4 is 9.46 Å². The number of fused-ring (bicyclic) bond motifs is 1. The van der Waals surface area contributed by atoms with Gasteiger partial charge in [-0.3, -0.25) is 4.72 Å². The van der Waals surface area contributed by atoms with Gasteiger partial charge in [0.05, 0.1) is 36.5 Å². The Bertz CT molecular complexity index is 907. The summed E-state index contributed by atoms with van der Waals surface area (Å²) >= 11 is 0. The van der Waals surface area contributed by atoms with Gasteiger partial charge in [0.2, 0.25) is 0 Å². The van der Waals surface area contributed by atoms with Crippen molar-refractivity contribution in [3.63, 3.8) is 0 Å². The number of nitrogens with one attached hydrogen (secondary N) is 1. The number of hydrogen-bond donors (Lipinski definition) is 2. The summed E-state index contributed by atoms with van der Waals surface area (Å²) in [6.07, 6.45) is 0. The summed E-state index contributed by atoms with van der Waals surface area (Å²) in [6, 6.07) is 8.77. The van der Waals surface area contributed by atoms with Crippen molar-refractivity contribution >= 4 is 21.7 Å². The van der Waals surface area contributed by atoms with Crippen LogP contribution in [0.2, 0.25) is 0 Å². The third-order valence-corrected chi connectivity index (χ3v) is 5.07. The Labute approximate surface area is 138 Å². The third kappa shape index (κ3) is 3.06. The van der Waals surface area contributed by atoms with Gasteiger partial charge in [0.25, 0.3) is 10.0 Å². The van der Waals surface area contributed by atoms with Crippen LogP contribution in [0.5, 0.6) is 5.75 Å². The number of benzene rings is 2. The molecule has 1 heterocycles. The first-order valence-corrected chi connectivity index (χ1v) is 8.53. The first-order valence-electron chi connectivity index (χ1n) is 7.04. The lowest BCUT2D eigenvalue weighted by molar-refractivity contribution is 0.0698. The lowest BCUT2D eigenvalue weighted by Gasteiger charge is -2.12. The lowest BCUT2D eigenvalue weighted by atomic mass is 10.1. The Kier molecular flexibility index (Phi) is 4.16. The zero-order valence-electron chi connectivity index (χ0n) is 12.8. The summed E-state index contributed by atoms with van der Waals surface area (Å²) in [7, 11) is -2.53. The summed E-state index contributed by atoms with van der Waals surface area (Å²) in [6.45, 7) is 0.820. The monoisotopic (exact) mass is 349 g/mol. The highest BCUT2D eigenvalue weighted by Crippen LogP contribution is 2.27. The highest BCUT2D eigenvalue weighted by molar-refractivity contribution is 7.92. The second kappa shape index (κ2) is 6.14. The molecule has 126 valence electrons. The fourth-order valence-electron chi connectivity index (χ4n) is 2.44. The molecular formula is C16H15NO6S. The molecule has 8 heteroatoms. The van der Waals surface area contributed by atoms with Crippen LogP contribution in [0.1, 0.15) is 21.5 Å². The molecule has 2 aromatic carbocycles. The molecule has 0 bridgehead atoms. The molecule has 7 nitrogen and oxygen atoms in total. The predicted molar refractivity (Wildman–Crippen MR) is 85.7 cm³/mol. The van der Waals surface area contributed by atoms with Gasteiger partial charge in [-0.05, 0) is 35.4 Å². The van der Waals surface area contributed by atoms with Crippen molar-refractivity contribution in [3.05, 3.63) is 53.1 Å². The summed E-state index contributed by atoms with van der Waals surface area (Å²) in [4.78, 5) is 11.4. The van der Waals surface area contributed by atoms with Crippen molar-refractivity contribution in [2.24, 2.45) is 0 Å². The number of rotatable bonds is 5. The molecule has 1 aliphatic rings. The lowest BCUT2D eigenvalue weighted by Crippen LogP contribution is -2.16. The zero-order valence-corrected chi connectivity index (χ0v) is 13.6. The number of methoxy groups -OCH3 is 1. The number of sulfonamides is 1. The molecule has 0 amide bonds. The van der Waals surface area contributed by atoms with E-state index in [0.717, 1.165) is 11.1 Å². The predicted octanol–water partition coefficient (Wildman–Crippen LogP) is 2.22. The first-order chi connectivity index (χ1) is 11.4. The van der Waals surface area contributed by atoms with Gasteiger partial charge in [0, 0.05) is 6.07 Å². The molecule has 24 heavy (non-hydrogen) atoms. The van der Waals surface area contributed by atoms with E-state index in [2.05, 4.69) is 4.72 Å². The van der Waals surface area contributed by atoms with Gasteiger partial charge in [-0.1, -0.05) is 6.07 Å². The molecule has 3 rings (SSSR count). The summed E-state index contributed by atoms with van der Waals surface area (Å²) in [5, 5.41) is 9.23. The van der Waals surface area contributed by atoms with E-state index in [1.165, 1.54) is 37.4 Å². The van der Waals surface area contributed by atoms with E-state index in [1.807, 2.05) is 0 Å². The Balaban J connectivity index is 1.99. The minimum atomic E-state index is -3.94. The molecule has 0 aromatic heterocycles. The van der Waals surface area contributed by atoms with Crippen molar-refractivity contribution in [3.8, 4) is 5.75 Å². The van der Waals surface area contributed by atoms with E-state index < -0.39 is 16.0 Å². The molecule has 1 aliphatic heterocycles. The first kappa shape index (κ1) is 16.3. The summed E-state index contributed by atoms with van der Waals surface area (Å²) in [5.74, 6) is -0.891. The number of hydrogen-bond acceptors (Lipinski definition) is 5. The van der Waals surface area contributed by atoms with Crippen LogP contribution in [0.3, 0.4) is 0 Å².